The second-order valence-corrected chi connectivity index (χ2v) is 6.92. The zero-order valence-electron chi connectivity index (χ0n) is 13.4. The molecular formula is C16H21N3O3S. The number of nitrogens with zero attached hydrogens (tertiary/aromatic N) is 3. The molecule has 1 unspecified atom stereocenters. The lowest BCUT2D eigenvalue weighted by atomic mass is 9.76. The summed E-state index contributed by atoms with van der Waals surface area (Å²) in [5.41, 5.74) is -0.293. The van der Waals surface area contributed by atoms with Crippen LogP contribution >= 0.6 is 11.3 Å². The summed E-state index contributed by atoms with van der Waals surface area (Å²) in [5.74, 6) is 1.33. The third-order valence-corrected chi connectivity index (χ3v) is 5.24. The van der Waals surface area contributed by atoms with Crippen LogP contribution < -0.4 is 0 Å². The molecule has 7 heteroatoms. The summed E-state index contributed by atoms with van der Waals surface area (Å²) in [6, 6.07) is 3.78. The summed E-state index contributed by atoms with van der Waals surface area (Å²) in [4.78, 5) is 19.8. The van der Waals surface area contributed by atoms with Crippen molar-refractivity contribution in [3.8, 4) is 0 Å². The SMILES string of the molecule is COCCC1(c2noc(C)n2)CCCN(C(=O)c2cccs2)C1. The van der Waals surface area contributed by atoms with Crippen molar-refractivity contribution in [2.24, 2.45) is 0 Å². The fraction of sp³-hybridized carbons (Fsp3) is 0.562. The predicted molar refractivity (Wildman–Crippen MR) is 86.7 cm³/mol. The van der Waals surface area contributed by atoms with Crippen LogP contribution in [0.25, 0.3) is 0 Å². The number of carbonyl (C=O) groups excluding carboxylic acids is 1. The van der Waals surface area contributed by atoms with Gasteiger partial charge >= 0.3 is 0 Å². The number of thiophene rings is 1. The molecule has 1 aliphatic rings. The molecule has 1 amide bonds. The Kier molecular flexibility index (Phi) is 4.77. The highest BCUT2D eigenvalue weighted by Gasteiger charge is 2.42. The van der Waals surface area contributed by atoms with Crippen molar-refractivity contribution in [1.29, 1.82) is 0 Å². The molecule has 23 heavy (non-hydrogen) atoms. The number of likely N-dealkylation sites (tertiary alicyclic amines) is 1. The van der Waals surface area contributed by atoms with Gasteiger partial charge in [0, 0.05) is 33.7 Å². The van der Waals surface area contributed by atoms with Crippen LogP contribution in [0.3, 0.4) is 0 Å². The highest BCUT2D eigenvalue weighted by Crippen LogP contribution is 2.36. The summed E-state index contributed by atoms with van der Waals surface area (Å²) in [6.07, 6.45) is 2.63. The maximum absolute atomic E-state index is 12.7. The Morgan fingerprint density at radius 1 is 1.57 bits per heavy atom. The van der Waals surface area contributed by atoms with Gasteiger partial charge in [-0.1, -0.05) is 11.2 Å². The maximum Gasteiger partial charge on any atom is 0.263 e. The number of ether oxygens (including phenoxy) is 1. The van der Waals surface area contributed by atoms with Crippen LogP contribution in [0.4, 0.5) is 0 Å². The largest absolute Gasteiger partial charge is 0.385 e. The van der Waals surface area contributed by atoms with E-state index in [9.17, 15) is 4.79 Å². The van der Waals surface area contributed by atoms with Crippen molar-refractivity contribution in [1.82, 2.24) is 15.0 Å². The van der Waals surface area contributed by atoms with Crippen LogP contribution in [0.15, 0.2) is 22.0 Å². The lowest BCUT2D eigenvalue weighted by Crippen LogP contribution is -2.49. The molecular weight excluding hydrogens is 314 g/mol. The van der Waals surface area contributed by atoms with Crippen molar-refractivity contribution in [2.75, 3.05) is 26.8 Å². The Labute approximate surface area is 139 Å². The average molecular weight is 335 g/mol. The van der Waals surface area contributed by atoms with Gasteiger partial charge in [-0.25, -0.2) is 0 Å². The van der Waals surface area contributed by atoms with Gasteiger partial charge in [0.1, 0.15) is 0 Å². The van der Waals surface area contributed by atoms with E-state index in [1.54, 1.807) is 14.0 Å². The standard InChI is InChI=1S/C16H21N3O3S/c1-12-17-15(18-22-12)16(7-9-21-2)6-4-8-19(11-16)14(20)13-5-3-10-23-13/h3,5,10H,4,6-9,11H2,1-2H3. The number of amides is 1. The number of aryl methyl sites for hydroxylation is 1. The van der Waals surface area contributed by atoms with Gasteiger partial charge in [-0.15, -0.1) is 11.3 Å². The molecule has 2 aromatic heterocycles. The van der Waals surface area contributed by atoms with E-state index in [1.165, 1.54) is 11.3 Å². The molecule has 0 bridgehead atoms. The van der Waals surface area contributed by atoms with Crippen molar-refractivity contribution in [3.05, 3.63) is 34.1 Å². The number of piperidine rings is 1. The number of carbonyl (C=O) groups is 1. The number of hydrogen-bond acceptors (Lipinski definition) is 6. The average Bonchev–Trinajstić information content (AvgIpc) is 3.24. The van der Waals surface area contributed by atoms with Crippen molar-refractivity contribution in [2.45, 2.75) is 31.6 Å². The molecule has 0 aliphatic carbocycles. The number of aromatic nitrogens is 2. The van der Waals surface area contributed by atoms with Gasteiger partial charge in [-0.2, -0.15) is 4.98 Å². The fourth-order valence-corrected chi connectivity index (χ4v) is 3.86. The second kappa shape index (κ2) is 6.80. The quantitative estimate of drug-likeness (QED) is 0.840. The van der Waals surface area contributed by atoms with E-state index in [4.69, 9.17) is 9.26 Å². The topological polar surface area (TPSA) is 68.5 Å². The fourth-order valence-electron chi connectivity index (χ4n) is 3.17. The van der Waals surface area contributed by atoms with Crippen LogP contribution in [0.2, 0.25) is 0 Å². The zero-order chi connectivity index (χ0) is 16.3. The molecule has 0 radical (unpaired) electrons. The Morgan fingerprint density at radius 2 is 2.43 bits per heavy atom. The van der Waals surface area contributed by atoms with Gasteiger partial charge in [0.05, 0.1) is 10.3 Å². The molecule has 1 fully saturated rings. The van der Waals surface area contributed by atoms with Crippen LogP contribution in [0.5, 0.6) is 0 Å². The molecule has 0 saturated carbocycles. The predicted octanol–water partition coefficient (Wildman–Crippen LogP) is 2.65. The van der Waals surface area contributed by atoms with Crippen LogP contribution in [-0.2, 0) is 10.2 Å². The Hall–Kier alpha value is -1.73. The van der Waals surface area contributed by atoms with Crippen molar-refractivity contribution < 1.29 is 14.1 Å². The van der Waals surface area contributed by atoms with E-state index in [0.29, 0.717) is 24.9 Å². The van der Waals surface area contributed by atoms with Gasteiger partial charge < -0.3 is 14.2 Å². The summed E-state index contributed by atoms with van der Waals surface area (Å²) < 4.78 is 10.5. The first kappa shape index (κ1) is 16.1. The van der Waals surface area contributed by atoms with E-state index in [0.717, 1.165) is 30.7 Å². The molecule has 124 valence electrons. The van der Waals surface area contributed by atoms with Gasteiger partial charge in [0.2, 0.25) is 5.89 Å². The third-order valence-electron chi connectivity index (χ3n) is 4.38. The Morgan fingerprint density at radius 3 is 3.09 bits per heavy atom. The monoisotopic (exact) mass is 335 g/mol. The summed E-state index contributed by atoms with van der Waals surface area (Å²) in [7, 11) is 1.69. The third kappa shape index (κ3) is 3.30. The second-order valence-electron chi connectivity index (χ2n) is 5.97. The van der Waals surface area contributed by atoms with Gasteiger partial charge in [-0.3, -0.25) is 4.79 Å². The van der Waals surface area contributed by atoms with Crippen LogP contribution in [0, 0.1) is 6.92 Å². The minimum absolute atomic E-state index is 0.0849. The molecule has 1 aliphatic heterocycles. The number of methoxy groups -OCH3 is 1. The normalized spacial score (nSPS) is 21.6. The molecule has 0 N–H and O–H groups in total. The molecule has 3 rings (SSSR count). The first-order valence-corrected chi connectivity index (χ1v) is 8.65. The Balaban J connectivity index is 1.85. The number of hydrogen-bond donors (Lipinski definition) is 0. The molecule has 1 atom stereocenters. The molecule has 0 aromatic carbocycles. The van der Waals surface area contributed by atoms with Crippen LogP contribution in [-0.4, -0.2) is 47.8 Å². The molecule has 3 heterocycles. The molecule has 0 spiro atoms. The van der Waals surface area contributed by atoms with E-state index < -0.39 is 0 Å². The summed E-state index contributed by atoms with van der Waals surface area (Å²) in [5, 5.41) is 6.07. The van der Waals surface area contributed by atoms with Gasteiger partial charge in [0.25, 0.3) is 5.91 Å². The number of rotatable bonds is 5. The molecule has 6 nitrogen and oxygen atoms in total. The van der Waals surface area contributed by atoms with E-state index in [-0.39, 0.29) is 11.3 Å². The minimum atomic E-state index is -0.293. The smallest absolute Gasteiger partial charge is 0.263 e. The lowest BCUT2D eigenvalue weighted by Gasteiger charge is -2.40. The summed E-state index contributed by atoms with van der Waals surface area (Å²) >= 11 is 1.48. The maximum atomic E-state index is 12.7. The van der Waals surface area contributed by atoms with Crippen molar-refractivity contribution in [3.63, 3.8) is 0 Å². The Bertz CT molecular complexity index is 655. The molecule has 1 saturated heterocycles. The first-order chi connectivity index (χ1) is 11.1. The van der Waals surface area contributed by atoms with E-state index in [2.05, 4.69) is 10.1 Å². The molecule has 2 aromatic rings. The highest BCUT2D eigenvalue weighted by molar-refractivity contribution is 7.12. The van der Waals surface area contributed by atoms with Crippen molar-refractivity contribution >= 4 is 17.2 Å². The summed E-state index contributed by atoms with van der Waals surface area (Å²) in [6.45, 7) is 3.76. The first-order valence-electron chi connectivity index (χ1n) is 7.77. The van der Waals surface area contributed by atoms with E-state index in [1.807, 2.05) is 22.4 Å². The highest BCUT2D eigenvalue weighted by atomic mass is 32.1. The zero-order valence-corrected chi connectivity index (χ0v) is 14.3. The van der Waals surface area contributed by atoms with Gasteiger partial charge in [0.15, 0.2) is 5.82 Å². The van der Waals surface area contributed by atoms with Crippen LogP contribution in [0.1, 0.15) is 40.6 Å². The lowest BCUT2D eigenvalue weighted by molar-refractivity contribution is 0.0571. The minimum Gasteiger partial charge on any atom is -0.385 e. The van der Waals surface area contributed by atoms with Gasteiger partial charge in [-0.05, 0) is 30.7 Å². The van der Waals surface area contributed by atoms with E-state index >= 15 is 0 Å².